The molecule has 2 amide bonds. The lowest BCUT2D eigenvalue weighted by Gasteiger charge is -2.33. The summed E-state index contributed by atoms with van der Waals surface area (Å²) in [4.78, 5) is 27.8. The quantitative estimate of drug-likeness (QED) is 0.903. The van der Waals surface area contributed by atoms with Gasteiger partial charge in [-0.2, -0.15) is 0 Å². The van der Waals surface area contributed by atoms with Crippen LogP contribution in [0.1, 0.15) is 16.3 Å². The van der Waals surface area contributed by atoms with Crippen LogP contribution in [0.2, 0.25) is 0 Å². The summed E-state index contributed by atoms with van der Waals surface area (Å²) < 4.78 is 10.0. The van der Waals surface area contributed by atoms with E-state index in [1.165, 1.54) is 6.26 Å². The molecule has 2 aromatic rings. The van der Waals surface area contributed by atoms with Crippen LogP contribution >= 0.6 is 0 Å². The second kappa shape index (κ2) is 6.66. The van der Waals surface area contributed by atoms with Crippen LogP contribution in [-0.2, 0) is 4.79 Å². The number of rotatable bonds is 4. The molecule has 0 aliphatic carbocycles. The summed E-state index contributed by atoms with van der Waals surface area (Å²) in [5.41, 5.74) is 0. The number of carbonyl (C=O) groups excluding carboxylic acids is 2. The van der Waals surface area contributed by atoms with Gasteiger partial charge in [0, 0.05) is 32.2 Å². The maximum atomic E-state index is 12.1. The molecule has 0 bridgehead atoms. The largest absolute Gasteiger partial charge is 0.459 e. The van der Waals surface area contributed by atoms with Crippen molar-refractivity contribution in [1.82, 2.24) is 15.0 Å². The first-order valence-corrected chi connectivity index (χ1v) is 7.40. The first kappa shape index (κ1) is 15.3. The molecule has 1 saturated heterocycles. The third-order valence-corrected chi connectivity index (χ3v) is 3.65. The van der Waals surface area contributed by atoms with Gasteiger partial charge in [-0.1, -0.05) is 5.16 Å². The van der Waals surface area contributed by atoms with Gasteiger partial charge in [-0.15, -0.1) is 0 Å². The molecule has 0 spiro atoms. The third kappa shape index (κ3) is 3.78. The summed E-state index contributed by atoms with van der Waals surface area (Å²) in [6.07, 6.45) is 1.49. The van der Waals surface area contributed by atoms with Gasteiger partial charge >= 0.3 is 0 Å². The molecule has 8 heteroatoms. The van der Waals surface area contributed by atoms with Gasteiger partial charge in [-0.3, -0.25) is 14.5 Å². The second-order valence-electron chi connectivity index (χ2n) is 5.42. The Hall–Kier alpha value is -2.61. The summed E-state index contributed by atoms with van der Waals surface area (Å²) >= 11 is 0. The minimum Gasteiger partial charge on any atom is -0.459 e. The Morgan fingerprint density at radius 1 is 1.30 bits per heavy atom. The average Bonchev–Trinajstić information content (AvgIpc) is 3.19. The average molecular weight is 318 g/mol. The van der Waals surface area contributed by atoms with E-state index in [0.29, 0.717) is 43.5 Å². The summed E-state index contributed by atoms with van der Waals surface area (Å²) in [5, 5.41) is 6.41. The van der Waals surface area contributed by atoms with Crippen molar-refractivity contribution in [3.8, 4) is 0 Å². The fourth-order valence-corrected chi connectivity index (χ4v) is 2.48. The maximum absolute atomic E-state index is 12.1. The molecule has 1 fully saturated rings. The molecule has 0 aromatic carbocycles. The van der Waals surface area contributed by atoms with Crippen molar-refractivity contribution >= 4 is 17.6 Å². The number of aryl methyl sites for hydroxylation is 1. The molecule has 23 heavy (non-hydrogen) atoms. The fourth-order valence-electron chi connectivity index (χ4n) is 2.48. The first-order valence-electron chi connectivity index (χ1n) is 7.40. The zero-order chi connectivity index (χ0) is 16.2. The second-order valence-corrected chi connectivity index (χ2v) is 5.42. The first-order chi connectivity index (χ1) is 11.1. The van der Waals surface area contributed by atoms with Crippen LogP contribution in [0.25, 0.3) is 0 Å². The summed E-state index contributed by atoms with van der Waals surface area (Å²) in [6.45, 7) is 4.42. The molecule has 2 aromatic heterocycles. The number of piperazine rings is 1. The summed E-state index contributed by atoms with van der Waals surface area (Å²) in [5.74, 6) is 1.14. The lowest BCUT2D eigenvalue weighted by molar-refractivity contribution is -0.117. The number of furan rings is 1. The van der Waals surface area contributed by atoms with Crippen molar-refractivity contribution in [3.63, 3.8) is 0 Å². The van der Waals surface area contributed by atoms with Gasteiger partial charge in [0.2, 0.25) is 5.91 Å². The molecule has 0 atom stereocenters. The van der Waals surface area contributed by atoms with E-state index in [0.717, 1.165) is 0 Å². The van der Waals surface area contributed by atoms with Gasteiger partial charge in [-0.05, 0) is 19.1 Å². The summed E-state index contributed by atoms with van der Waals surface area (Å²) in [6, 6.07) is 5.01. The van der Waals surface area contributed by atoms with Crippen LogP contribution in [0.15, 0.2) is 33.4 Å². The minimum absolute atomic E-state index is 0.114. The van der Waals surface area contributed by atoms with Crippen molar-refractivity contribution in [2.24, 2.45) is 0 Å². The van der Waals surface area contributed by atoms with Crippen molar-refractivity contribution in [2.75, 3.05) is 38.0 Å². The standard InChI is InChI=1S/C15H18N4O4/c1-11-9-13(17-23-11)16-14(20)10-18-4-6-19(7-5-18)15(21)12-3-2-8-22-12/h2-3,8-9H,4-7,10H2,1H3,(H,16,17,20). The maximum Gasteiger partial charge on any atom is 0.289 e. The van der Waals surface area contributed by atoms with E-state index in [1.807, 2.05) is 4.90 Å². The van der Waals surface area contributed by atoms with Crippen LogP contribution in [0.3, 0.4) is 0 Å². The van der Waals surface area contributed by atoms with Gasteiger partial charge in [0.1, 0.15) is 5.76 Å². The van der Waals surface area contributed by atoms with E-state index in [9.17, 15) is 9.59 Å². The molecule has 122 valence electrons. The smallest absolute Gasteiger partial charge is 0.289 e. The van der Waals surface area contributed by atoms with Crippen LogP contribution in [0, 0.1) is 6.92 Å². The van der Waals surface area contributed by atoms with Crippen molar-refractivity contribution < 1.29 is 18.5 Å². The van der Waals surface area contributed by atoms with E-state index in [-0.39, 0.29) is 18.4 Å². The molecule has 1 N–H and O–H groups in total. The lowest BCUT2D eigenvalue weighted by atomic mass is 10.3. The molecule has 0 unspecified atom stereocenters. The molecule has 3 rings (SSSR count). The predicted molar refractivity (Wildman–Crippen MR) is 80.9 cm³/mol. The van der Waals surface area contributed by atoms with Gasteiger partial charge in [0.05, 0.1) is 12.8 Å². The molecule has 0 saturated carbocycles. The lowest BCUT2D eigenvalue weighted by Crippen LogP contribution is -2.50. The number of carbonyl (C=O) groups is 2. The zero-order valence-electron chi connectivity index (χ0n) is 12.8. The molecule has 1 aliphatic heterocycles. The van der Waals surface area contributed by atoms with Gasteiger partial charge < -0.3 is 19.2 Å². The summed E-state index contributed by atoms with van der Waals surface area (Å²) in [7, 11) is 0. The number of aromatic nitrogens is 1. The van der Waals surface area contributed by atoms with E-state index in [2.05, 4.69) is 10.5 Å². The highest BCUT2D eigenvalue weighted by Gasteiger charge is 2.24. The Morgan fingerprint density at radius 2 is 2.09 bits per heavy atom. The van der Waals surface area contributed by atoms with Gasteiger partial charge in [-0.25, -0.2) is 0 Å². The fraction of sp³-hybridized carbons (Fsp3) is 0.400. The predicted octanol–water partition coefficient (Wildman–Crippen LogP) is 0.973. The van der Waals surface area contributed by atoms with E-state index in [4.69, 9.17) is 8.94 Å². The number of hydrogen-bond acceptors (Lipinski definition) is 6. The Balaban J connectivity index is 1.45. The minimum atomic E-state index is -0.149. The molecule has 1 aliphatic rings. The normalized spacial score (nSPS) is 15.6. The number of amides is 2. The topological polar surface area (TPSA) is 91.8 Å². The number of anilines is 1. The van der Waals surface area contributed by atoms with Crippen molar-refractivity contribution in [2.45, 2.75) is 6.92 Å². The zero-order valence-corrected chi connectivity index (χ0v) is 12.8. The number of nitrogens with zero attached hydrogens (tertiary/aromatic N) is 3. The number of nitrogens with one attached hydrogen (secondary N) is 1. The highest BCUT2D eigenvalue weighted by molar-refractivity contribution is 5.92. The van der Waals surface area contributed by atoms with Crippen LogP contribution in [0.5, 0.6) is 0 Å². The van der Waals surface area contributed by atoms with Crippen molar-refractivity contribution in [3.05, 3.63) is 36.0 Å². The Morgan fingerprint density at radius 3 is 2.70 bits per heavy atom. The third-order valence-electron chi connectivity index (χ3n) is 3.65. The Bertz CT molecular complexity index is 671. The highest BCUT2D eigenvalue weighted by Crippen LogP contribution is 2.10. The number of hydrogen-bond donors (Lipinski definition) is 1. The molecular formula is C15H18N4O4. The molecular weight excluding hydrogens is 300 g/mol. The highest BCUT2D eigenvalue weighted by atomic mass is 16.5. The van der Waals surface area contributed by atoms with E-state index in [1.54, 1.807) is 30.0 Å². The molecule has 0 radical (unpaired) electrons. The SMILES string of the molecule is Cc1cc(NC(=O)CN2CCN(C(=O)c3ccco3)CC2)no1. The molecule has 8 nitrogen and oxygen atoms in total. The van der Waals surface area contributed by atoms with Crippen LogP contribution < -0.4 is 5.32 Å². The van der Waals surface area contributed by atoms with Gasteiger partial charge in [0.25, 0.3) is 5.91 Å². The van der Waals surface area contributed by atoms with E-state index >= 15 is 0 Å². The van der Waals surface area contributed by atoms with Crippen molar-refractivity contribution in [1.29, 1.82) is 0 Å². The Kier molecular flexibility index (Phi) is 4.42. The van der Waals surface area contributed by atoms with Crippen LogP contribution in [0.4, 0.5) is 5.82 Å². The molecule has 3 heterocycles. The monoisotopic (exact) mass is 318 g/mol. The Labute approximate surface area is 133 Å². The van der Waals surface area contributed by atoms with E-state index < -0.39 is 0 Å². The van der Waals surface area contributed by atoms with Crippen LogP contribution in [-0.4, -0.2) is 59.5 Å². The van der Waals surface area contributed by atoms with Gasteiger partial charge in [0.15, 0.2) is 11.6 Å².